The lowest BCUT2D eigenvalue weighted by Gasteiger charge is -2.50. The number of hydrogen-bond acceptors (Lipinski definition) is 6. The third-order valence-corrected chi connectivity index (χ3v) is 10.5. The first-order chi connectivity index (χ1) is 23.9. The third kappa shape index (κ3) is 6.25. The second-order valence-electron chi connectivity index (χ2n) is 14.2. The van der Waals surface area contributed by atoms with Crippen molar-refractivity contribution < 1.29 is 0 Å². The van der Waals surface area contributed by atoms with Crippen molar-refractivity contribution in [1.29, 1.82) is 5.26 Å². The van der Waals surface area contributed by atoms with Gasteiger partial charge in [0.15, 0.2) is 17.5 Å². The summed E-state index contributed by atoms with van der Waals surface area (Å²) in [4.78, 5) is 23.7. The van der Waals surface area contributed by atoms with E-state index in [-0.39, 0.29) is 0 Å². The Bertz CT molecular complexity index is 2100. The standard InChI is InChI=1S/C43H38N6/c1-28-21-31-22-29(2)24-43(23-28,25-31)37-17-14-33(15-18-37)32-10-12-35(13-11-32)41-47-40(34-8-6-30(26-44)7-9-34)48-42(49-41)36-16-19-39(46-27-36)38-5-3-4-20-45-38/h3-20,27-29,31H,21-25H2,1-2H3/t28-,29+,31?,43?. The minimum absolute atomic E-state index is 0.333. The van der Waals surface area contributed by atoms with Crippen molar-refractivity contribution in [3.05, 3.63) is 127 Å². The van der Waals surface area contributed by atoms with Gasteiger partial charge < -0.3 is 0 Å². The van der Waals surface area contributed by atoms with Gasteiger partial charge in [0.1, 0.15) is 0 Å². The van der Waals surface area contributed by atoms with Crippen LogP contribution >= 0.6 is 0 Å². The first-order valence-electron chi connectivity index (χ1n) is 17.3. The highest BCUT2D eigenvalue weighted by Crippen LogP contribution is 2.54. The zero-order valence-electron chi connectivity index (χ0n) is 27.9. The van der Waals surface area contributed by atoms with Crippen molar-refractivity contribution >= 4 is 0 Å². The van der Waals surface area contributed by atoms with Crippen LogP contribution in [0.1, 0.15) is 57.1 Å². The summed E-state index contributed by atoms with van der Waals surface area (Å²) in [5.74, 6) is 4.11. The molecular weight excluding hydrogens is 601 g/mol. The van der Waals surface area contributed by atoms with Crippen molar-refractivity contribution in [1.82, 2.24) is 24.9 Å². The van der Waals surface area contributed by atoms with E-state index in [9.17, 15) is 5.26 Å². The molecule has 6 nitrogen and oxygen atoms in total. The Morgan fingerprint density at radius 2 is 1.10 bits per heavy atom. The van der Waals surface area contributed by atoms with E-state index in [4.69, 9.17) is 15.0 Å². The molecule has 2 fully saturated rings. The van der Waals surface area contributed by atoms with E-state index < -0.39 is 0 Å². The molecule has 0 saturated heterocycles. The highest BCUT2D eigenvalue weighted by molar-refractivity contribution is 5.71. The molecule has 0 radical (unpaired) electrons. The molecule has 4 atom stereocenters. The average Bonchev–Trinajstić information content (AvgIpc) is 3.14. The summed E-state index contributed by atoms with van der Waals surface area (Å²) < 4.78 is 0. The second kappa shape index (κ2) is 12.8. The molecule has 0 spiro atoms. The van der Waals surface area contributed by atoms with Crippen molar-refractivity contribution in [2.75, 3.05) is 0 Å². The highest BCUT2D eigenvalue weighted by atomic mass is 15.0. The van der Waals surface area contributed by atoms with Gasteiger partial charge in [0.2, 0.25) is 0 Å². The maximum absolute atomic E-state index is 9.32. The first kappa shape index (κ1) is 30.8. The Hall–Kier alpha value is -5.54. The molecule has 3 aromatic carbocycles. The largest absolute Gasteiger partial charge is 0.255 e. The lowest BCUT2D eigenvalue weighted by atomic mass is 9.54. The molecule has 2 saturated carbocycles. The van der Waals surface area contributed by atoms with E-state index in [1.54, 1.807) is 24.5 Å². The van der Waals surface area contributed by atoms with Crippen LogP contribution in [0.3, 0.4) is 0 Å². The Morgan fingerprint density at radius 1 is 0.571 bits per heavy atom. The van der Waals surface area contributed by atoms with Gasteiger partial charge >= 0.3 is 0 Å². The third-order valence-electron chi connectivity index (χ3n) is 10.5. The van der Waals surface area contributed by atoms with Gasteiger partial charge in [-0.25, -0.2) is 15.0 Å². The van der Waals surface area contributed by atoms with E-state index in [2.05, 4.69) is 78.4 Å². The predicted molar refractivity (Wildman–Crippen MR) is 194 cm³/mol. The second-order valence-corrected chi connectivity index (χ2v) is 14.2. The van der Waals surface area contributed by atoms with Crippen LogP contribution < -0.4 is 0 Å². The summed E-state index contributed by atoms with van der Waals surface area (Å²) in [5.41, 5.74) is 8.88. The first-order valence-corrected chi connectivity index (χ1v) is 17.3. The quantitative estimate of drug-likeness (QED) is 0.180. The maximum atomic E-state index is 9.32. The van der Waals surface area contributed by atoms with Crippen LogP contribution in [0.5, 0.6) is 0 Å². The molecule has 49 heavy (non-hydrogen) atoms. The van der Waals surface area contributed by atoms with Crippen molar-refractivity contribution in [2.24, 2.45) is 17.8 Å². The lowest BCUT2D eigenvalue weighted by Crippen LogP contribution is -2.42. The summed E-state index contributed by atoms with van der Waals surface area (Å²) in [6.07, 6.45) is 10.3. The van der Waals surface area contributed by atoms with Gasteiger partial charge in [-0.3, -0.25) is 9.97 Å². The molecule has 0 amide bonds. The molecule has 8 rings (SSSR count). The van der Waals surface area contributed by atoms with Crippen LogP contribution in [0.2, 0.25) is 0 Å². The molecular formula is C43H38N6. The zero-order valence-corrected chi connectivity index (χ0v) is 27.9. The number of fused-ring (bicyclic) bond motifs is 2. The van der Waals surface area contributed by atoms with Crippen LogP contribution in [0.15, 0.2) is 116 Å². The van der Waals surface area contributed by atoms with Crippen LogP contribution in [0.25, 0.3) is 56.7 Å². The van der Waals surface area contributed by atoms with Gasteiger partial charge in [0, 0.05) is 29.1 Å². The monoisotopic (exact) mass is 638 g/mol. The van der Waals surface area contributed by atoms with Crippen LogP contribution in [0.4, 0.5) is 0 Å². The number of aromatic nitrogens is 5. The lowest BCUT2D eigenvalue weighted by molar-refractivity contribution is 0.0780. The summed E-state index contributed by atoms with van der Waals surface area (Å²) in [6.45, 7) is 4.90. The summed E-state index contributed by atoms with van der Waals surface area (Å²) in [6, 6.07) is 37.0. The van der Waals surface area contributed by atoms with Crippen molar-refractivity contribution in [3.8, 4) is 62.7 Å². The van der Waals surface area contributed by atoms with Crippen LogP contribution in [-0.4, -0.2) is 24.9 Å². The number of pyridine rings is 2. The normalized spacial score (nSPS) is 21.5. The van der Waals surface area contributed by atoms with Gasteiger partial charge in [0.05, 0.1) is 23.0 Å². The fourth-order valence-electron chi connectivity index (χ4n) is 8.53. The fourth-order valence-corrected chi connectivity index (χ4v) is 8.53. The maximum Gasteiger partial charge on any atom is 0.165 e. The number of hydrogen-bond donors (Lipinski definition) is 0. The molecule has 3 aromatic heterocycles. The summed E-state index contributed by atoms with van der Waals surface area (Å²) >= 11 is 0. The van der Waals surface area contributed by atoms with E-state index in [0.29, 0.717) is 28.5 Å². The van der Waals surface area contributed by atoms with Crippen molar-refractivity contribution in [2.45, 2.75) is 51.4 Å². The number of rotatable bonds is 6. The number of benzene rings is 3. The van der Waals surface area contributed by atoms with Gasteiger partial charge in [-0.2, -0.15) is 5.26 Å². The minimum atomic E-state index is 0.333. The van der Waals surface area contributed by atoms with Crippen LogP contribution in [-0.2, 0) is 5.41 Å². The topological polar surface area (TPSA) is 88.2 Å². The molecule has 240 valence electrons. The minimum Gasteiger partial charge on any atom is -0.255 e. The average molecular weight is 639 g/mol. The summed E-state index contributed by atoms with van der Waals surface area (Å²) in [7, 11) is 0. The van der Waals surface area contributed by atoms with Crippen molar-refractivity contribution in [3.63, 3.8) is 0 Å². The number of nitriles is 1. The summed E-state index contributed by atoms with van der Waals surface area (Å²) in [5, 5.41) is 9.32. The van der Waals surface area contributed by atoms with E-state index >= 15 is 0 Å². The Kier molecular flexibility index (Phi) is 8.05. The number of nitrogens with zero attached hydrogens (tertiary/aromatic N) is 6. The van der Waals surface area contributed by atoms with Gasteiger partial charge in [-0.05, 0) is 120 Å². The zero-order chi connectivity index (χ0) is 33.4. The highest BCUT2D eigenvalue weighted by Gasteiger charge is 2.45. The molecule has 3 heterocycles. The van der Waals surface area contributed by atoms with Gasteiger partial charge in [-0.1, -0.05) is 68.4 Å². The van der Waals surface area contributed by atoms with E-state index in [1.165, 1.54) is 43.2 Å². The molecule has 0 aliphatic heterocycles. The van der Waals surface area contributed by atoms with E-state index in [1.807, 2.05) is 42.5 Å². The molecule has 0 N–H and O–H groups in total. The van der Waals surface area contributed by atoms with Crippen LogP contribution in [0, 0.1) is 29.1 Å². The molecule has 6 heteroatoms. The molecule has 2 unspecified atom stereocenters. The molecule has 6 aromatic rings. The smallest absolute Gasteiger partial charge is 0.165 e. The Morgan fingerprint density at radius 3 is 1.65 bits per heavy atom. The molecule has 2 aliphatic carbocycles. The fraction of sp³-hybridized carbons (Fsp3) is 0.256. The predicted octanol–water partition coefficient (Wildman–Crippen LogP) is 9.97. The Labute approximate surface area is 288 Å². The SMILES string of the molecule is C[C@@H]1CC2C[C@H](C)CC(c3ccc(-c4ccc(-c5nc(-c6ccc(C#N)cc6)nc(-c6ccc(-c7ccccn7)nc6)n5)cc4)cc3)(C2)C1. The molecule has 2 aliphatic rings. The van der Waals surface area contributed by atoms with Gasteiger partial charge in [-0.15, -0.1) is 0 Å². The van der Waals surface area contributed by atoms with E-state index in [0.717, 1.165) is 51.4 Å². The molecule has 2 bridgehead atoms. The Balaban J connectivity index is 1.10. The van der Waals surface area contributed by atoms with Gasteiger partial charge in [0.25, 0.3) is 0 Å².